The van der Waals surface area contributed by atoms with Gasteiger partial charge in [0.15, 0.2) is 0 Å². The Labute approximate surface area is 132 Å². The third-order valence-corrected chi connectivity index (χ3v) is 3.81. The molecule has 1 heterocycles. The van der Waals surface area contributed by atoms with Crippen LogP contribution in [0.5, 0.6) is 5.75 Å². The first kappa shape index (κ1) is 16.2. The fraction of sp³-hybridized carbons (Fsp3) is 0.333. The Morgan fingerprint density at radius 1 is 1.36 bits per heavy atom. The number of phenolic OH excluding ortho intramolecular Hbond substituents is 1. The van der Waals surface area contributed by atoms with Gasteiger partial charge in [-0.1, -0.05) is 12.1 Å². The van der Waals surface area contributed by atoms with Crippen LogP contribution in [0.4, 0.5) is 4.79 Å². The summed E-state index contributed by atoms with van der Waals surface area (Å²) in [5.74, 6) is 0.368. The molecular weight excluding hydrogens is 304 g/mol. The molecule has 0 saturated carbocycles. The Hall–Kier alpha value is -2.15. The summed E-state index contributed by atoms with van der Waals surface area (Å²) in [6, 6.07) is 5.36. The van der Waals surface area contributed by atoms with E-state index in [0.717, 1.165) is 0 Å². The zero-order valence-corrected chi connectivity index (χ0v) is 13.2. The van der Waals surface area contributed by atoms with Gasteiger partial charge in [0.2, 0.25) is 0 Å². The van der Waals surface area contributed by atoms with Crippen molar-refractivity contribution in [2.24, 2.45) is 0 Å². The fourth-order valence-corrected chi connectivity index (χ4v) is 2.43. The van der Waals surface area contributed by atoms with Crippen LogP contribution in [0.3, 0.4) is 0 Å². The van der Waals surface area contributed by atoms with Crippen LogP contribution < -0.4 is 10.6 Å². The van der Waals surface area contributed by atoms with Gasteiger partial charge in [-0.3, -0.25) is 0 Å². The van der Waals surface area contributed by atoms with E-state index in [0.29, 0.717) is 29.2 Å². The number of carbonyl (C=O) groups excluding carboxylic acids is 2. The molecule has 6 nitrogen and oxygen atoms in total. The van der Waals surface area contributed by atoms with Crippen molar-refractivity contribution in [3.8, 4) is 5.75 Å². The minimum Gasteiger partial charge on any atom is -0.508 e. The maximum absolute atomic E-state index is 12.3. The van der Waals surface area contributed by atoms with Crippen LogP contribution in [0.2, 0.25) is 0 Å². The van der Waals surface area contributed by atoms with Crippen LogP contribution in [-0.2, 0) is 9.53 Å². The maximum atomic E-state index is 12.3. The van der Waals surface area contributed by atoms with Gasteiger partial charge in [0.05, 0.1) is 11.6 Å². The van der Waals surface area contributed by atoms with E-state index in [1.165, 1.54) is 12.1 Å². The Morgan fingerprint density at radius 3 is 2.68 bits per heavy atom. The number of urea groups is 1. The lowest BCUT2D eigenvalue weighted by atomic mass is 9.95. The summed E-state index contributed by atoms with van der Waals surface area (Å²) in [6.45, 7) is 1.98. The Bertz CT molecular complexity index is 598. The fourth-order valence-electron chi connectivity index (χ4n) is 2.18. The van der Waals surface area contributed by atoms with Gasteiger partial charge in [0.1, 0.15) is 12.4 Å². The first-order valence-corrected chi connectivity index (χ1v) is 8.15. The summed E-state index contributed by atoms with van der Waals surface area (Å²) in [4.78, 5) is 24.0. The molecule has 1 aromatic carbocycles. The van der Waals surface area contributed by atoms with Crippen molar-refractivity contribution in [3.63, 3.8) is 0 Å². The molecule has 118 valence electrons. The highest BCUT2D eigenvalue weighted by molar-refractivity contribution is 7.98. The number of hydrogen-bond acceptors (Lipinski definition) is 5. The van der Waals surface area contributed by atoms with Gasteiger partial charge in [-0.2, -0.15) is 11.8 Å². The Morgan fingerprint density at radius 2 is 2.05 bits per heavy atom. The van der Waals surface area contributed by atoms with Gasteiger partial charge < -0.3 is 20.5 Å². The number of benzene rings is 1. The lowest BCUT2D eigenvalue weighted by Gasteiger charge is -2.28. The standard InChI is InChI=1S/C15H18N2O4S/c1-9-12(14(19)21-7-8-22-2)13(17-15(20)16-9)10-3-5-11(18)6-4-10/h3-6,13,18H,7-8H2,1-2H3,(H2,16,17,20). The second-order valence-corrected chi connectivity index (χ2v) is 5.78. The SMILES string of the molecule is CSCCOC(=O)C1=C(C)NC(=O)NC1c1ccc(O)cc1. The van der Waals surface area contributed by atoms with Gasteiger partial charge in [0, 0.05) is 11.4 Å². The lowest BCUT2D eigenvalue weighted by molar-refractivity contribution is -0.138. The first-order chi connectivity index (χ1) is 10.5. The molecule has 2 rings (SSSR count). The quantitative estimate of drug-likeness (QED) is 0.569. The Balaban J connectivity index is 2.28. The number of esters is 1. The topological polar surface area (TPSA) is 87.7 Å². The number of aromatic hydroxyl groups is 1. The van der Waals surface area contributed by atoms with Crippen molar-refractivity contribution in [3.05, 3.63) is 41.1 Å². The van der Waals surface area contributed by atoms with Crippen LogP contribution in [-0.4, -0.2) is 35.7 Å². The molecule has 0 radical (unpaired) electrons. The van der Waals surface area contributed by atoms with E-state index in [1.807, 2.05) is 6.26 Å². The molecule has 22 heavy (non-hydrogen) atoms. The van der Waals surface area contributed by atoms with Crippen LogP contribution >= 0.6 is 11.8 Å². The molecule has 0 spiro atoms. The summed E-state index contributed by atoms with van der Waals surface area (Å²) < 4.78 is 5.24. The van der Waals surface area contributed by atoms with E-state index >= 15 is 0 Å². The average Bonchev–Trinajstić information content (AvgIpc) is 2.47. The number of rotatable bonds is 5. The van der Waals surface area contributed by atoms with Crippen LogP contribution in [0.15, 0.2) is 35.5 Å². The number of thioether (sulfide) groups is 1. The molecule has 0 bridgehead atoms. The molecule has 1 aliphatic rings. The van der Waals surface area contributed by atoms with Gasteiger partial charge in [-0.15, -0.1) is 0 Å². The Kier molecular flexibility index (Phi) is 5.32. The predicted molar refractivity (Wildman–Crippen MR) is 84.6 cm³/mol. The lowest BCUT2D eigenvalue weighted by Crippen LogP contribution is -2.45. The maximum Gasteiger partial charge on any atom is 0.338 e. The molecule has 2 amide bonds. The highest BCUT2D eigenvalue weighted by atomic mass is 32.2. The van der Waals surface area contributed by atoms with Crippen molar-refractivity contribution in [2.75, 3.05) is 18.6 Å². The molecule has 1 aromatic rings. The molecule has 0 saturated heterocycles. The zero-order chi connectivity index (χ0) is 16.1. The van der Waals surface area contributed by atoms with E-state index in [9.17, 15) is 14.7 Å². The summed E-state index contributed by atoms with van der Waals surface area (Å²) >= 11 is 1.58. The number of hydrogen-bond donors (Lipinski definition) is 3. The molecule has 7 heteroatoms. The van der Waals surface area contributed by atoms with Gasteiger partial charge >= 0.3 is 12.0 Å². The normalized spacial score (nSPS) is 17.7. The van der Waals surface area contributed by atoms with E-state index in [2.05, 4.69) is 10.6 Å². The second-order valence-electron chi connectivity index (χ2n) is 4.79. The summed E-state index contributed by atoms with van der Waals surface area (Å²) in [6.07, 6.45) is 1.93. The number of ether oxygens (including phenoxy) is 1. The molecule has 1 atom stereocenters. The monoisotopic (exact) mass is 322 g/mol. The molecule has 0 fully saturated rings. The zero-order valence-electron chi connectivity index (χ0n) is 12.4. The van der Waals surface area contributed by atoms with Crippen molar-refractivity contribution < 1.29 is 19.4 Å². The summed E-state index contributed by atoms with van der Waals surface area (Å²) in [5, 5.41) is 14.7. The second kappa shape index (κ2) is 7.22. The van der Waals surface area contributed by atoms with Crippen molar-refractivity contribution in [2.45, 2.75) is 13.0 Å². The molecule has 3 N–H and O–H groups in total. The van der Waals surface area contributed by atoms with Gasteiger partial charge in [0.25, 0.3) is 0 Å². The summed E-state index contributed by atoms with van der Waals surface area (Å²) in [7, 11) is 0. The number of phenols is 1. The molecule has 1 unspecified atom stereocenters. The number of allylic oxidation sites excluding steroid dienone is 1. The van der Waals surface area contributed by atoms with Crippen LogP contribution in [0.25, 0.3) is 0 Å². The van der Waals surface area contributed by atoms with E-state index in [1.54, 1.807) is 30.8 Å². The van der Waals surface area contributed by atoms with Gasteiger partial charge in [-0.05, 0) is 30.9 Å². The molecule has 1 aliphatic heterocycles. The van der Waals surface area contributed by atoms with E-state index < -0.39 is 12.0 Å². The van der Waals surface area contributed by atoms with Crippen molar-refractivity contribution >= 4 is 23.8 Å². The number of carbonyl (C=O) groups is 2. The van der Waals surface area contributed by atoms with Crippen LogP contribution in [0, 0.1) is 0 Å². The average molecular weight is 322 g/mol. The van der Waals surface area contributed by atoms with Crippen LogP contribution in [0.1, 0.15) is 18.5 Å². The highest BCUT2D eigenvalue weighted by Crippen LogP contribution is 2.28. The first-order valence-electron chi connectivity index (χ1n) is 6.76. The minimum absolute atomic E-state index is 0.119. The number of nitrogens with one attached hydrogen (secondary N) is 2. The predicted octanol–water partition coefficient (Wildman–Crippen LogP) is 1.93. The highest BCUT2D eigenvalue weighted by Gasteiger charge is 2.32. The molecule has 0 aromatic heterocycles. The molecular formula is C15H18N2O4S. The third kappa shape index (κ3) is 3.73. The van der Waals surface area contributed by atoms with Crippen molar-refractivity contribution in [1.82, 2.24) is 10.6 Å². The van der Waals surface area contributed by atoms with E-state index in [-0.39, 0.29) is 11.8 Å². The van der Waals surface area contributed by atoms with Gasteiger partial charge in [-0.25, -0.2) is 9.59 Å². The largest absolute Gasteiger partial charge is 0.508 e. The van der Waals surface area contributed by atoms with E-state index in [4.69, 9.17) is 4.74 Å². The molecule has 0 aliphatic carbocycles. The summed E-state index contributed by atoms with van der Waals surface area (Å²) in [5.41, 5.74) is 1.53. The minimum atomic E-state index is -0.601. The third-order valence-electron chi connectivity index (χ3n) is 3.24. The smallest absolute Gasteiger partial charge is 0.338 e. The number of amides is 2. The van der Waals surface area contributed by atoms with Crippen molar-refractivity contribution in [1.29, 1.82) is 0 Å².